The summed E-state index contributed by atoms with van der Waals surface area (Å²) in [6.45, 7) is 3.18. The van der Waals surface area contributed by atoms with E-state index in [0.29, 0.717) is 22.7 Å². The van der Waals surface area contributed by atoms with Crippen molar-refractivity contribution in [1.29, 1.82) is 0 Å². The van der Waals surface area contributed by atoms with Crippen molar-refractivity contribution in [3.05, 3.63) is 131 Å². The number of amides is 2. The van der Waals surface area contributed by atoms with E-state index in [9.17, 15) is 22.4 Å². The van der Waals surface area contributed by atoms with Crippen LogP contribution in [-0.4, -0.2) is 44.3 Å². The van der Waals surface area contributed by atoms with Crippen LogP contribution in [0.4, 0.5) is 10.1 Å². The second-order valence-electron chi connectivity index (χ2n) is 10.0. The van der Waals surface area contributed by atoms with Crippen LogP contribution in [0.25, 0.3) is 0 Å². The molecule has 0 radical (unpaired) electrons. The fourth-order valence-corrected chi connectivity index (χ4v) is 6.49. The molecule has 43 heavy (non-hydrogen) atoms. The summed E-state index contributed by atoms with van der Waals surface area (Å²) in [4.78, 5) is 29.2. The highest BCUT2D eigenvalue weighted by Crippen LogP contribution is 2.29. The summed E-state index contributed by atoms with van der Waals surface area (Å²) in [7, 11) is -4.22. The van der Waals surface area contributed by atoms with E-state index in [1.54, 1.807) is 50.2 Å². The lowest BCUT2D eigenvalue weighted by Gasteiger charge is -2.34. The summed E-state index contributed by atoms with van der Waals surface area (Å²) in [5, 5.41) is 3.23. The Morgan fingerprint density at radius 3 is 2.12 bits per heavy atom. The second-order valence-corrected chi connectivity index (χ2v) is 12.3. The largest absolute Gasteiger partial charge is 0.355 e. The minimum Gasteiger partial charge on any atom is -0.355 e. The van der Waals surface area contributed by atoms with E-state index in [0.717, 1.165) is 9.87 Å². The van der Waals surface area contributed by atoms with Crippen LogP contribution in [0, 0.1) is 12.7 Å². The van der Waals surface area contributed by atoms with Crippen molar-refractivity contribution in [1.82, 2.24) is 10.2 Å². The zero-order chi connectivity index (χ0) is 31.0. The summed E-state index contributed by atoms with van der Waals surface area (Å²) < 4.78 is 42.8. The Kier molecular flexibility index (Phi) is 10.6. The van der Waals surface area contributed by atoms with Crippen molar-refractivity contribution in [2.75, 3.05) is 17.4 Å². The molecule has 0 saturated heterocycles. The van der Waals surface area contributed by atoms with Gasteiger partial charge in [-0.3, -0.25) is 13.9 Å². The van der Waals surface area contributed by atoms with Crippen LogP contribution in [-0.2, 0) is 32.6 Å². The Morgan fingerprint density at radius 2 is 1.51 bits per heavy atom. The molecule has 10 heteroatoms. The maximum absolute atomic E-state index is 14.3. The molecular weight excluding hydrogens is 589 g/mol. The van der Waals surface area contributed by atoms with E-state index in [2.05, 4.69) is 5.32 Å². The Morgan fingerprint density at radius 1 is 0.884 bits per heavy atom. The minimum atomic E-state index is -4.22. The molecular formula is C33H33ClFN3O4S. The van der Waals surface area contributed by atoms with E-state index in [4.69, 9.17) is 11.6 Å². The number of benzene rings is 4. The van der Waals surface area contributed by atoms with Crippen LogP contribution in [0.2, 0.25) is 5.02 Å². The van der Waals surface area contributed by atoms with Crippen LogP contribution < -0.4 is 9.62 Å². The van der Waals surface area contributed by atoms with Gasteiger partial charge < -0.3 is 10.2 Å². The van der Waals surface area contributed by atoms with Crippen molar-refractivity contribution in [3.8, 4) is 0 Å². The lowest BCUT2D eigenvalue weighted by Crippen LogP contribution is -2.53. The molecule has 7 nitrogen and oxygen atoms in total. The van der Waals surface area contributed by atoms with Gasteiger partial charge in [0.15, 0.2) is 0 Å². The molecule has 224 valence electrons. The van der Waals surface area contributed by atoms with Crippen LogP contribution in [0.3, 0.4) is 0 Å². The van der Waals surface area contributed by atoms with Crippen molar-refractivity contribution in [2.45, 2.75) is 37.8 Å². The van der Waals surface area contributed by atoms with Crippen LogP contribution in [0.1, 0.15) is 23.6 Å². The second kappa shape index (κ2) is 14.3. The number of hydrogen-bond donors (Lipinski definition) is 1. The molecule has 2 amide bonds. The maximum Gasteiger partial charge on any atom is 0.264 e. The zero-order valence-corrected chi connectivity index (χ0v) is 25.5. The molecule has 1 N–H and O–H groups in total. The monoisotopic (exact) mass is 621 g/mol. The van der Waals surface area contributed by atoms with Crippen molar-refractivity contribution in [2.24, 2.45) is 0 Å². The first-order chi connectivity index (χ1) is 20.6. The third-order valence-electron chi connectivity index (χ3n) is 6.93. The SMILES string of the molecule is CCNC(=O)[C@@H](Cc1ccccc1)N(Cc1ccc(F)cc1)C(=O)CN(c1ccc(Cl)cc1C)S(=O)(=O)c1ccccc1. The number of carbonyl (C=O) groups is 2. The van der Waals surface area contributed by atoms with Gasteiger partial charge in [0.05, 0.1) is 10.6 Å². The third kappa shape index (κ3) is 8.00. The van der Waals surface area contributed by atoms with Crippen molar-refractivity contribution in [3.63, 3.8) is 0 Å². The molecule has 4 aromatic carbocycles. The van der Waals surface area contributed by atoms with Gasteiger partial charge >= 0.3 is 0 Å². The Bertz CT molecular complexity index is 1650. The highest BCUT2D eigenvalue weighted by Gasteiger charge is 2.35. The van der Waals surface area contributed by atoms with Gasteiger partial charge in [-0.05, 0) is 73.0 Å². The molecule has 1 atom stereocenters. The van der Waals surface area contributed by atoms with Gasteiger partial charge in [-0.2, -0.15) is 0 Å². The summed E-state index contributed by atoms with van der Waals surface area (Å²) in [6.07, 6.45) is 0.186. The average Bonchev–Trinajstić information content (AvgIpc) is 3.00. The zero-order valence-electron chi connectivity index (χ0n) is 23.9. The molecule has 0 aliphatic heterocycles. The summed E-state index contributed by atoms with van der Waals surface area (Å²) >= 11 is 6.18. The fraction of sp³-hybridized carbons (Fsp3) is 0.212. The highest BCUT2D eigenvalue weighted by atomic mass is 35.5. The predicted octanol–water partition coefficient (Wildman–Crippen LogP) is 5.76. The molecule has 0 fully saturated rings. The van der Waals surface area contributed by atoms with Crippen LogP contribution in [0.15, 0.2) is 108 Å². The number of likely N-dealkylation sites (N-methyl/N-ethyl adjacent to an activating group) is 1. The summed E-state index contributed by atoms with van der Waals surface area (Å²) in [5.41, 5.74) is 2.23. The topological polar surface area (TPSA) is 86.8 Å². The van der Waals surface area contributed by atoms with Crippen molar-refractivity contribution < 1.29 is 22.4 Å². The molecule has 0 aliphatic rings. The fourth-order valence-electron chi connectivity index (χ4n) is 4.76. The number of nitrogens with one attached hydrogen (secondary N) is 1. The number of sulfonamides is 1. The Hall–Kier alpha value is -4.21. The number of aryl methyl sites for hydroxylation is 1. The molecule has 4 rings (SSSR count). The molecule has 4 aromatic rings. The molecule has 0 spiro atoms. The number of halogens is 2. The molecule has 0 heterocycles. The van der Waals surface area contributed by atoms with E-state index in [1.165, 1.54) is 41.3 Å². The number of nitrogens with zero attached hydrogens (tertiary/aromatic N) is 2. The third-order valence-corrected chi connectivity index (χ3v) is 8.93. The van der Waals surface area contributed by atoms with Gasteiger partial charge in [-0.25, -0.2) is 12.8 Å². The molecule has 0 aliphatic carbocycles. The lowest BCUT2D eigenvalue weighted by atomic mass is 10.0. The number of hydrogen-bond acceptors (Lipinski definition) is 4. The molecule has 0 saturated carbocycles. The smallest absolute Gasteiger partial charge is 0.264 e. The van der Waals surface area contributed by atoms with Gasteiger partial charge in [0.25, 0.3) is 10.0 Å². The summed E-state index contributed by atoms with van der Waals surface area (Å²) in [6, 6.07) is 26.5. The van der Waals surface area contributed by atoms with Crippen molar-refractivity contribution >= 4 is 39.1 Å². The standard InChI is InChI=1S/C33H33ClFN3O4S/c1-3-36-33(40)31(21-25-10-6-4-7-11-25)37(22-26-14-17-28(35)18-15-26)32(39)23-38(30-19-16-27(34)20-24(30)2)43(41,42)29-12-8-5-9-13-29/h4-20,31H,3,21-23H2,1-2H3,(H,36,40)/t31-/m1/s1. The highest BCUT2D eigenvalue weighted by molar-refractivity contribution is 7.92. The summed E-state index contributed by atoms with van der Waals surface area (Å²) in [5.74, 6) is -1.43. The first-order valence-corrected chi connectivity index (χ1v) is 15.6. The Labute approximate surface area is 257 Å². The number of rotatable bonds is 12. The van der Waals surface area contributed by atoms with E-state index in [-0.39, 0.29) is 29.5 Å². The van der Waals surface area contributed by atoms with Crippen LogP contribution >= 0.6 is 11.6 Å². The number of anilines is 1. The van der Waals surface area contributed by atoms with E-state index >= 15 is 0 Å². The predicted molar refractivity (Wildman–Crippen MR) is 167 cm³/mol. The van der Waals surface area contributed by atoms with Gasteiger partial charge in [-0.1, -0.05) is 72.3 Å². The minimum absolute atomic E-state index is 0.00629. The van der Waals surface area contributed by atoms with E-state index in [1.807, 2.05) is 30.3 Å². The van der Waals surface area contributed by atoms with Crippen LogP contribution in [0.5, 0.6) is 0 Å². The average molecular weight is 622 g/mol. The maximum atomic E-state index is 14.3. The molecule has 0 unspecified atom stereocenters. The van der Waals surface area contributed by atoms with Gasteiger partial charge in [-0.15, -0.1) is 0 Å². The first-order valence-electron chi connectivity index (χ1n) is 13.8. The van der Waals surface area contributed by atoms with E-state index < -0.39 is 34.3 Å². The van der Waals surface area contributed by atoms with Gasteiger partial charge in [0.2, 0.25) is 11.8 Å². The van der Waals surface area contributed by atoms with Gasteiger partial charge in [0, 0.05) is 24.5 Å². The molecule has 0 aromatic heterocycles. The molecule has 0 bridgehead atoms. The first kappa shape index (κ1) is 31.7. The number of carbonyl (C=O) groups excluding carboxylic acids is 2. The normalized spacial score (nSPS) is 11.9. The Balaban J connectivity index is 1.81. The van der Waals surface area contributed by atoms with Gasteiger partial charge in [0.1, 0.15) is 18.4 Å². The lowest BCUT2D eigenvalue weighted by molar-refractivity contribution is -0.140. The quantitative estimate of drug-likeness (QED) is 0.218.